The molecule has 0 saturated carbocycles. The lowest BCUT2D eigenvalue weighted by molar-refractivity contribution is -0.114. The summed E-state index contributed by atoms with van der Waals surface area (Å²) in [4.78, 5) is 30.9. The average molecular weight is 374 g/mol. The molecule has 0 spiro atoms. The summed E-state index contributed by atoms with van der Waals surface area (Å²) in [6, 6.07) is 17.4. The van der Waals surface area contributed by atoms with Crippen molar-refractivity contribution in [3.63, 3.8) is 0 Å². The number of rotatable bonds is 5. The lowest BCUT2D eigenvalue weighted by Crippen LogP contribution is -2.48. The van der Waals surface area contributed by atoms with Gasteiger partial charge < -0.3 is 4.90 Å². The van der Waals surface area contributed by atoms with Crippen LogP contribution in [0.15, 0.2) is 48.5 Å². The van der Waals surface area contributed by atoms with E-state index < -0.39 is 11.7 Å². The predicted molar refractivity (Wildman–Crippen MR) is 106 cm³/mol. The molecule has 0 aliphatic carbocycles. The molecule has 0 bridgehead atoms. The van der Waals surface area contributed by atoms with Crippen LogP contribution in [0.5, 0.6) is 0 Å². The topological polar surface area (TPSA) is 67.6 Å². The van der Waals surface area contributed by atoms with Crippen LogP contribution < -0.4 is 4.90 Å². The molecule has 0 atom stereocenters. The maximum atomic E-state index is 12.4. The summed E-state index contributed by atoms with van der Waals surface area (Å²) in [5.74, 6) is -1.01. The van der Waals surface area contributed by atoms with Gasteiger partial charge in [0.2, 0.25) is 0 Å². The van der Waals surface area contributed by atoms with E-state index in [1.165, 1.54) is 11.6 Å². The number of anilines is 1. The van der Waals surface area contributed by atoms with E-state index in [4.69, 9.17) is 5.26 Å². The van der Waals surface area contributed by atoms with Gasteiger partial charge in [-0.25, -0.2) is 0 Å². The van der Waals surface area contributed by atoms with Crippen LogP contribution in [0.4, 0.5) is 5.69 Å². The molecule has 0 unspecified atom stereocenters. The van der Waals surface area contributed by atoms with Crippen molar-refractivity contribution in [3.05, 3.63) is 65.2 Å². The van der Waals surface area contributed by atoms with E-state index in [9.17, 15) is 9.59 Å². The zero-order chi connectivity index (χ0) is 19.5. The van der Waals surface area contributed by atoms with Crippen LogP contribution >= 0.6 is 0 Å². The minimum atomic E-state index is -0.514. The summed E-state index contributed by atoms with van der Waals surface area (Å²) in [5.41, 5.74) is 2.69. The Labute approximate surface area is 164 Å². The molecule has 2 aliphatic heterocycles. The first-order valence-electron chi connectivity index (χ1n) is 9.54. The van der Waals surface area contributed by atoms with Gasteiger partial charge in [0.1, 0.15) is 0 Å². The van der Waals surface area contributed by atoms with Gasteiger partial charge in [-0.05, 0) is 23.8 Å². The van der Waals surface area contributed by atoms with E-state index >= 15 is 0 Å². The Bertz CT molecular complexity index is 927. The standard InChI is InChI=1S/C22H22N4O2/c23-15-18-6-7-20-19(14-18)21(27)22(28)26(20)13-12-24-8-10-25(11-9-24)16-17-4-2-1-3-5-17/h1-7,14H,8-13,16H2. The fourth-order valence-electron chi connectivity index (χ4n) is 3.85. The third kappa shape index (κ3) is 3.68. The molecule has 6 nitrogen and oxygen atoms in total. The van der Waals surface area contributed by atoms with Gasteiger partial charge in [-0.3, -0.25) is 19.4 Å². The first-order chi connectivity index (χ1) is 13.7. The quantitative estimate of drug-likeness (QED) is 0.748. The molecule has 2 aliphatic rings. The van der Waals surface area contributed by atoms with Gasteiger partial charge in [-0.2, -0.15) is 5.26 Å². The Morgan fingerprint density at radius 2 is 1.61 bits per heavy atom. The number of hydrogen-bond acceptors (Lipinski definition) is 5. The number of nitrogens with zero attached hydrogens (tertiary/aromatic N) is 4. The number of piperazine rings is 1. The Morgan fingerprint density at radius 1 is 0.893 bits per heavy atom. The van der Waals surface area contributed by atoms with Crippen LogP contribution in [0.25, 0.3) is 0 Å². The van der Waals surface area contributed by atoms with Crippen molar-refractivity contribution >= 4 is 17.4 Å². The Morgan fingerprint density at radius 3 is 2.32 bits per heavy atom. The monoisotopic (exact) mass is 374 g/mol. The third-order valence-electron chi connectivity index (χ3n) is 5.45. The van der Waals surface area contributed by atoms with E-state index in [2.05, 4.69) is 34.1 Å². The second-order valence-electron chi connectivity index (χ2n) is 7.23. The number of ketones is 1. The summed E-state index contributed by atoms with van der Waals surface area (Å²) in [6.07, 6.45) is 0. The van der Waals surface area contributed by atoms with E-state index in [-0.39, 0.29) is 0 Å². The third-order valence-corrected chi connectivity index (χ3v) is 5.45. The largest absolute Gasteiger partial charge is 0.303 e. The molecule has 2 heterocycles. The van der Waals surface area contributed by atoms with Gasteiger partial charge in [0.25, 0.3) is 11.7 Å². The summed E-state index contributed by atoms with van der Waals surface area (Å²) in [5, 5.41) is 9.00. The van der Waals surface area contributed by atoms with E-state index in [0.29, 0.717) is 23.4 Å². The molecule has 142 valence electrons. The predicted octanol–water partition coefficient (Wildman–Crippen LogP) is 1.91. The number of fused-ring (bicyclic) bond motifs is 1. The lowest BCUT2D eigenvalue weighted by atomic mass is 10.1. The number of hydrogen-bond donors (Lipinski definition) is 0. The molecular formula is C22H22N4O2. The normalized spacial score (nSPS) is 17.6. The molecule has 2 aromatic carbocycles. The van der Waals surface area contributed by atoms with Crippen molar-refractivity contribution in [1.82, 2.24) is 9.80 Å². The van der Waals surface area contributed by atoms with Crippen molar-refractivity contribution < 1.29 is 9.59 Å². The molecule has 0 radical (unpaired) electrons. The highest BCUT2D eigenvalue weighted by Gasteiger charge is 2.36. The highest BCUT2D eigenvalue weighted by Crippen LogP contribution is 2.29. The first kappa shape index (κ1) is 18.4. The van der Waals surface area contributed by atoms with Crippen molar-refractivity contribution in [1.29, 1.82) is 5.26 Å². The second kappa shape index (κ2) is 7.93. The molecule has 0 N–H and O–H groups in total. The van der Waals surface area contributed by atoms with Crippen LogP contribution in [0.2, 0.25) is 0 Å². The fourth-order valence-corrected chi connectivity index (χ4v) is 3.85. The molecule has 1 saturated heterocycles. The van der Waals surface area contributed by atoms with Crippen LogP contribution in [0.3, 0.4) is 0 Å². The average Bonchev–Trinajstić information content (AvgIpc) is 2.98. The molecule has 2 aromatic rings. The first-order valence-corrected chi connectivity index (χ1v) is 9.54. The highest BCUT2D eigenvalue weighted by molar-refractivity contribution is 6.52. The van der Waals surface area contributed by atoms with Gasteiger partial charge in [0.05, 0.1) is 22.9 Å². The number of carbonyl (C=O) groups excluding carboxylic acids is 2. The minimum absolute atomic E-state index is 0.344. The number of carbonyl (C=O) groups is 2. The van der Waals surface area contributed by atoms with Crippen LogP contribution in [0.1, 0.15) is 21.5 Å². The van der Waals surface area contributed by atoms with Crippen molar-refractivity contribution in [2.24, 2.45) is 0 Å². The smallest absolute Gasteiger partial charge is 0.299 e. The zero-order valence-electron chi connectivity index (χ0n) is 15.7. The highest BCUT2D eigenvalue weighted by atomic mass is 16.2. The van der Waals surface area contributed by atoms with E-state index in [1.54, 1.807) is 17.0 Å². The van der Waals surface area contributed by atoms with Gasteiger partial charge in [0, 0.05) is 45.8 Å². The SMILES string of the molecule is N#Cc1ccc2c(c1)C(=O)C(=O)N2CCN1CCN(Cc2ccccc2)CC1. The van der Waals surface area contributed by atoms with E-state index in [0.717, 1.165) is 39.3 Å². The minimum Gasteiger partial charge on any atom is -0.303 e. The molecule has 6 heteroatoms. The number of amides is 1. The molecule has 28 heavy (non-hydrogen) atoms. The summed E-state index contributed by atoms with van der Waals surface area (Å²) in [7, 11) is 0. The maximum absolute atomic E-state index is 12.4. The van der Waals surface area contributed by atoms with Gasteiger partial charge >= 0.3 is 0 Å². The molecule has 1 fully saturated rings. The van der Waals surface area contributed by atoms with E-state index in [1.807, 2.05) is 12.1 Å². The molecule has 1 amide bonds. The van der Waals surface area contributed by atoms with Gasteiger partial charge in [0.15, 0.2) is 0 Å². The Kier molecular flexibility index (Phi) is 5.20. The van der Waals surface area contributed by atoms with Crippen LogP contribution in [-0.2, 0) is 11.3 Å². The molecule has 0 aromatic heterocycles. The number of benzene rings is 2. The van der Waals surface area contributed by atoms with Crippen molar-refractivity contribution in [2.75, 3.05) is 44.2 Å². The van der Waals surface area contributed by atoms with Gasteiger partial charge in [-0.1, -0.05) is 30.3 Å². The Hall–Kier alpha value is -3.01. The fraction of sp³-hybridized carbons (Fsp3) is 0.318. The maximum Gasteiger partial charge on any atom is 0.299 e. The summed E-state index contributed by atoms with van der Waals surface area (Å²) in [6.45, 7) is 6.06. The summed E-state index contributed by atoms with van der Waals surface area (Å²) < 4.78 is 0. The zero-order valence-corrected chi connectivity index (χ0v) is 15.7. The number of Topliss-reactive ketones (excluding diaryl/α,β-unsaturated/α-hetero) is 1. The van der Waals surface area contributed by atoms with Crippen molar-refractivity contribution in [3.8, 4) is 6.07 Å². The molecule has 4 rings (SSSR count). The number of nitriles is 1. The van der Waals surface area contributed by atoms with Crippen molar-refractivity contribution in [2.45, 2.75) is 6.54 Å². The Balaban J connectivity index is 1.32. The second-order valence-corrected chi connectivity index (χ2v) is 7.23. The summed E-state index contributed by atoms with van der Waals surface area (Å²) >= 11 is 0. The lowest BCUT2D eigenvalue weighted by Gasteiger charge is -2.35. The van der Waals surface area contributed by atoms with Crippen LogP contribution in [-0.4, -0.2) is 60.8 Å². The molecular weight excluding hydrogens is 352 g/mol. The van der Waals surface area contributed by atoms with Crippen LogP contribution in [0, 0.1) is 11.3 Å². The van der Waals surface area contributed by atoms with Gasteiger partial charge in [-0.15, -0.1) is 0 Å².